The van der Waals surface area contributed by atoms with Crippen molar-refractivity contribution in [3.8, 4) is 0 Å². The molecule has 0 aliphatic carbocycles. The van der Waals surface area contributed by atoms with Crippen molar-refractivity contribution in [2.24, 2.45) is 5.92 Å². The molecular weight excluding hydrogens is 246 g/mol. The van der Waals surface area contributed by atoms with Crippen LogP contribution in [0.25, 0.3) is 0 Å². The van der Waals surface area contributed by atoms with Crippen LogP contribution >= 0.6 is 0 Å². The van der Waals surface area contributed by atoms with Crippen LogP contribution in [-0.4, -0.2) is 11.2 Å². The largest absolute Gasteiger partial charge is 0.393 e. The van der Waals surface area contributed by atoms with E-state index in [-0.39, 0.29) is 18.1 Å². The van der Waals surface area contributed by atoms with Crippen LogP contribution in [0.2, 0.25) is 0 Å². The summed E-state index contributed by atoms with van der Waals surface area (Å²) < 4.78 is 0. The van der Waals surface area contributed by atoms with Gasteiger partial charge in [-0.2, -0.15) is 0 Å². The van der Waals surface area contributed by atoms with Crippen LogP contribution < -0.4 is 5.32 Å². The molecule has 0 unspecified atom stereocenters. The molecule has 0 aliphatic rings. The van der Waals surface area contributed by atoms with Gasteiger partial charge in [0.2, 0.25) is 0 Å². The van der Waals surface area contributed by atoms with Gasteiger partial charge in [-0.05, 0) is 18.1 Å². The lowest BCUT2D eigenvalue weighted by molar-refractivity contribution is 0.110. The molecule has 0 aliphatic heterocycles. The molecule has 0 saturated heterocycles. The Morgan fingerprint density at radius 3 is 2.00 bits per heavy atom. The molecule has 106 valence electrons. The molecule has 20 heavy (non-hydrogen) atoms. The summed E-state index contributed by atoms with van der Waals surface area (Å²) in [5.41, 5.74) is 2.48. The molecule has 0 radical (unpaired) electrons. The highest BCUT2D eigenvalue weighted by Gasteiger charge is 2.22. The Labute approximate surface area is 121 Å². The lowest BCUT2D eigenvalue weighted by atomic mass is 9.90. The molecule has 0 fully saturated rings. The van der Waals surface area contributed by atoms with Crippen LogP contribution in [0, 0.1) is 5.92 Å². The molecule has 3 atom stereocenters. The van der Waals surface area contributed by atoms with Crippen LogP contribution in [0.5, 0.6) is 0 Å². The van der Waals surface area contributed by atoms with E-state index < -0.39 is 0 Å². The van der Waals surface area contributed by atoms with E-state index in [1.165, 1.54) is 11.1 Å². The maximum Gasteiger partial charge on any atom is 0.0555 e. The minimum Gasteiger partial charge on any atom is -0.393 e. The summed E-state index contributed by atoms with van der Waals surface area (Å²) in [4.78, 5) is 0. The summed E-state index contributed by atoms with van der Waals surface area (Å²) in [6, 6.07) is 20.8. The predicted octanol–water partition coefficient (Wildman–Crippen LogP) is 3.53. The van der Waals surface area contributed by atoms with Crippen LogP contribution in [0.15, 0.2) is 60.7 Å². The standard InChI is InChI=1S/C18H23NO/c1-14(15(2)20)18(17-11-7-4-8-12-17)19-13-16-9-5-3-6-10-16/h3-12,14-15,18-20H,13H2,1-2H3/t14-,15+,18-/m1/s1. The molecule has 2 nitrogen and oxygen atoms in total. The van der Waals surface area contributed by atoms with E-state index in [2.05, 4.69) is 36.5 Å². The van der Waals surface area contributed by atoms with Crippen molar-refractivity contribution in [2.75, 3.05) is 0 Å². The zero-order valence-corrected chi connectivity index (χ0v) is 12.2. The Hall–Kier alpha value is -1.64. The van der Waals surface area contributed by atoms with Gasteiger partial charge in [-0.1, -0.05) is 67.6 Å². The second kappa shape index (κ2) is 7.22. The van der Waals surface area contributed by atoms with Gasteiger partial charge in [-0.15, -0.1) is 0 Å². The number of nitrogens with one attached hydrogen (secondary N) is 1. The van der Waals surface area contributed by atoms with Crippen molar-refractivity contribution in [2.45, 2.75) is 32.5 Å². The minimum absolute atomic E-state index is 0.149. The monoisotopic (exact) mass is 269 g/mol. The third kappa shape index (κ3) is 3.92. The second-order valence-corrected chi connectivity index (χ2v) is 5.35. The highest BCUT2D eigenvalue weighted by atomic mass is 16.3. The van der Waals surface area contributed by atoms with E-state index in [4.69, 9.17) is 0 Å². The van der Waals surface area contributed by atoms with Crippen molar-refractivity contribution in [1.29, 1.82) is 0 Å². The van der Waals surface area contributed by atoms with Crippen LogP contribution in [-0.2, 0) is 6.54 Å². The fourth-order valence-corrected chi connectivity index (χ4v) is 2.37. The summed E-state index contributed by atoms with van der Waals surface area (Å²) in [6.07, 6.45) is -0.344. The Kier molecular flexibility index (Phi) is 5.33. The highest BCUT2D eigenvalue weighted by Crippen LogP contribution is 2.25. The van der Waals surface area contributed by atoms with Gasteiger partial charge in [-0.3, -0.25) is 0 Å². The van der Waals surface area contributed by atoms with E-state index in [1.807, 2.05) is 43.3 Å². The van der Waals surface area contributed by atoms with Gasteiger partial charge in [-0.25, -0.2) is 0 Å². The number of aliphatic hydroxyl groups is 1. The average Bonchev–Trinajstić information content (AvgIpc) is 2.49. The number of benzene rings is 2. The van der Waals surface area contributed by atoms with Gasteiger partial charge in [0.25, 0.3) is 0 Å². The summed E-state index contributed by atoms with van der Waals surface area (Å²) in [7, 11) is 0. The molecule has 0 saturated carbocycles. The SMILES string of the molecule is C[C@H]([C@H](C)O)[C@@H](NCc1ccccc1)c1ccccc1. The second-order valence-electron chi connectivity index (χ2n) is 5.35. The molecule has 2 heteroatoms. The molecular formula is C18H23NO. The van der Waals surface area contributed by atoms with Gasteiger partial charge in [0.05, 0.1) is 6.10 Å². The van der Waals surface area contributed by atoms with Crippen molar-refractivity contribution in [1.82, 2.24) is 5.32 Å². The maximum atomic E-state index is 9.91. The molecule has 2 aromatic rings. The van der Waals surface area contributed by atoms with Crippen molar-refractivity contribution in [3.63, 3.8) is 0 Å². The normalized spacial score (nSPS) is 15.6. The number of hydrogen-bond donors (Lipinski definition) is 2. The quantitative estimate of drug-likeness (QED) is 0.840. The fraction of sp³-hybridized carbons (Fsp3) is 0.333. The predicted molar refractivity (Wildman–Crippen MR) is 83.3 cm³/mol. The van der Waals surface area contributed by atoms with Crippen LogP contribution in [0.1, 0.15) is 31.0 Å². The highest BCUT2D eigenvalue weighted by molar-refractivity contribution is 5.21. The zero-order chi connectivity index (χ0) is 14.4. The first-order chi connectivity index (χ1) is 9.68. The maximum absolute atomic E-state index is 9.91. The average molecular weight is 269 g/mol. The van der Waals surface area contributed by atoms with Gasteiger partial charge in [0.15, 0.2) is 0 Å². The first-order valence-electron chi connectivity index (χ1n) is 7.19. The van der Waals surface area contributed by atoms with Crippen molar-refractivity contribution >= 4 is 0 Å². The van der Waals surface area contributed by atoms with Crippen LogP contribution in [0.4, 0.5) is 0 Å². The van der Waals surface area contributed by atoms with E-state index in [0.717, 1.165) is 6.54 Å². The fourth-order valence-electron chi connectivity index (χ4n) is 2.37. The Balaban J connectivity index is 2.11. The Morgan fingerprint density at radius 1 is 0.900 bits per heavy atom. The summed E-state index contributed by atoms with van der Waals surface area (Å²) in [6.45, 7) is 4.74. The lowest BCUT2D eigenvalue weighted by Crippen LogP contribution is -2.32. The summed E-state index contributed by atoms with van der Waals surface area (Å²) in [5, 5.41) is 13.5. The molecule has 0 spiro atoms. The molecule has 0 aromatic heterocycles. The van der Waals surface area contributed by atoms with Gasteiger partial charge >= 0.3 is 0 Å². The zero-order valence-electron chi connectivity index (χ0n) is 12.2. The number of rotatable bonds is 6. The van der Waals surface area contributed by atoms with Gasteiger partial charge < -0.3 is 10.4 Å². The van der Waals surface area contributed by atoms with Gasteiger partial charge in [0, 0.05) is 18.5 Å². The van der Waals surface area contributed by atoms with Crippen molar-refractivity contribution < 1.29 is 5.11 Å². The number of hydrogen-bond acceptors (Lipinski definition) is 2. The Bertz CT molecular complexity index is 495. The molecule has 2 N–H and O–H groups in total. The Morgan fingerprint density at radius 2 is 1.45 bits per heavy atom. The van der Waals surface area contributed by atoms with E-state index in [1.54, 1.807) is 0 Å². The van der Waals surface area contributed by atoms with E-state index >= 15 is 0 Å². The third-order valence-corrected chi connectivity index (χ3v) is 3.81. The van der Waals surface area contributed by atoms with E-state index in [0.29, 0.717) is 0 Å². The summed E-state index contributed by atoms with van der Waals surface area (Å²) in [5.74, 6) is 0.154. The van der Waals surface area contributed by atoms with E-state index in [9.17, 15) is 5.11 Å². The minimum atomic E-state index is -0.344. The van der Waals surface area contributed by atoms with Crippen molar-refractivity contribution in [3.05, 3.63) is 71.8 Å². The third-order valence-electron chi connectivity index (χ3n) is 3.81. The van der Waals surface area contributed by atoms with Gasteiger partial charge in [0.1, 0.15) is 0 Å². The molecule has 0 amide bonds. The number of aliphatic hydroxyl groups excluding tert-OH is 1. The molecule has 2 rings (SSSR count). The summed E-state index contributed by atoms with van der Waals surface area (Å²) >= 11 is 0. The molecule has 2 aromatic carbocycles. The molecule has 0 bridgehead atoms. The lowest BCUT2D eigenvalue weighted by Gasteiger charge is -2.28. The topological polar surface area (TPSA) is 32.3 Å². The first kappa shape index (κ1) is 14.8. The smallest absolute Gasteiger partial charge is 0.0555 e. The first-order valence-corrected chi connectivity index (χ1v) is 7.19. The van der Waals surface area contributed by atoms with Crippen LogP contribution in [0.3, 0.4) is 0 Å². The molecule has 0 heterocycles.